The Labute approximate surface area is 186 Å². The summed E-state index contributed by atoms with van der Waals surface area (Å²) < 4.78 is 21.3. The van der Waals surface area contributed by atoms with Gasteiger partial charge in [0.05, 0.1) is 0 Å². The summed E-state index contributed by atoms with van der Waals surface area (Å²) in [5, 5.41) is 4.00. The molecule has 4 aromatic rings. The molecule has 1 aromatic carbocycles. The van der Waals surface area contributed by atoms with Crippen LogP contribution in [0.3, 0.4) is 0 Å². The van der Waals surface area contributed by atoms with Crippen LogP contribution in [-0.2, 0) is 19.5 Å². The SMILES string of the molecule is CCCCn1c(=O)n(CCCCc2noc(-c3cccc(F)c3)n2)c(=O)c2[nH]c(Cl)nc21. The highest BCUT2D eigenvalue weighted by Crippen LogP contribution is 2.18. The lowest BCUT2D eigenvalue weighted by Gasteiger charge is -2.10. The van der Waals surface area contributed by atoms with E-state index in [2.05, 4.69) is 20.1 Å². The van der Waals surface area contributed by atoms with Crippen molar-refractivity contribution in [3.8, 4) is 11.5 Å². The molecule has 3 heterocycles. The molecule has 4 rings (SSSR count). The van der Waals surface area contributed by atoms with Crippen LogP contribution in [0.15, 0.2) is 38.4 Å². The first-order chi connectivity index (χ1) is 15.5. The first-order valence-electron chi connectivity index (χ1n) is 10.4. The van der Waals surface area contributed by atoms with Crippen molar-refractivity contribution in [2.45, 2.75) is 52.1 Å². The Balaban J connectivity index is 1.46. The van der Waals surface area contributed by atoms with Crippen molar-refractivity contribution < 1.29 is 8.91 Å². The van der Waals surface area contributed by atoms with Crippen molar-refractivity contribution in [1.29, 1.82) is 0 Å². The average Bonchev–Trinajstić information content (AvgIpc) is 3.40. The number of hydrogen-bond donors (Lipinski definition) is 1. The van der Waals surface area contributed by atoms with Crippen LogP contribution >= 0.6 is 11.6 Å². The van der Waals surface area contributed by atoms with Crippen LogP contribution in [0.1, 0.15) is 38.4 Å². The molecule has 0 spiro atoms. The molecule has 0 saturated carbocycles. The number of rotatable bonds is 9. The van der Waals surface area contributed by atoms with Crippen LogP contribution in [0.25, 0.3) is 22.6 Å². The van der Waals surface area contributed by atoms with E-state index in [-0.39, 0.29) is 34.7 Å². The maximum atomic E-state index is 13.4. The van der Waals surface area contributed by atoms with E-state index in [9.17, 15) is 14.0 Å². The van der Waals surface area contributed by atoms with E-state index in [1.807, 2.05) is 6.92 Å². The number of benzene rings is 1. The van der Waals surface area contributed by atoms with Crippen LogP contribution in [0.2, 0.25) is 5.28 Å². The molecular formula is C21H22ClFN6O3. The highest BCUT2D eigenvalue weighted by atomic mass is 35.5. The van der Waals surface area contributed by atoms with Gasteiger partial charge in [-0.25, -0.2) is 9.18 Å². The van der Waals surface area contributed by atoms with Gasteiger partial charge < -0.3 is 9.51 Å². The van der Waals surface area contributed by atoms with Gasteiger partial charge in [-0.2, -0.15) is 9.97 Å². The van der Waals surface area contributed by atoms with E-state index in [0.29, 0.717) is 37.2 Å². The number of imidazole rings is 1. The molecule has 0 bridgehead atoms. The van der Waals surface area contributed by atoms with Crippen LogP contribution < -0.4 is 11.2 Å². The minimum absolute atomic E-state index is 0.0747. The summed E-state index contributed by atoms with van der Waals surface area (Å²) in [6.07, 6.45) is 3.36. The van der Waals surface area contributed by atoms with E-state index in [4.69, 9.17) is 16.1 Å². The van der Waals surface area contributed by atoms with E-state index in [0.717, 1.165) is 12.8 Å². The van der Waals surface area contributed by atoms with Crippen LogP contribution in [0.5, 0.6) is 0 Å². The molecule has 168 valence electrons. The number of nitrogens with one attached hydrogen (secondary N) is 1. The lowest BCUT2D eigenvalue weighted by Crippen LogP contribution is -2.40. The third-order valence-corrected chi connectivity index (χ3v) is 5.32. The number of hydrogen-bond acceptors (Lipinski definition) is 6. The van der Waals surface area contributed by atoms with Crippen LogP contribution in [0.4, 0.5) is 4.39 Å². The largest absolute Gasteiger partial charge is 0.334 e. The van der Waals surface area contributed by atoms with Gasteiger partial charge in [0.2, 0.25) is 5.28 Å². The molecule has 11 heteroatoms. The third-order valence-electron chi connectivity index (χ3n) is 5.14. The van der Waals surface area contributed by atoms with Crippen molar-refractivity contribution in [1.82, 2.24) is 29.2 Å². The van der Waals surface area contributed by atoms with Gasteiger partial charge in [0.25, 0.3) is 11.4 Å². The Kier molecular flexibility index (Phi) is 6.50. The fourth-order valence-electron chi connectivity index (χ4n) is 3.50. The third kappa shape index (κ3) is 4.50. The fourth-order valence-corrected chi connectivity index (χ4v) is 3.68. The molecule has 0 aliphatic rings. The number of halogens is 2. The second-order valence-electron chi connectivity index (χ2n) is 7.45. The summed E-state index contributed by atoms with van der Waals surface area (Å²) in [6, 6.07) is 5.93. The minimum atomic E-state index is -0.440. The number of aromatic amines is 1. The lowest BCUT2D eigenvalue weighted by atomic mass is 10.2. The van der Waals surface area contributed by atoms with Crippen molar-refractivity contribution >= 4 is 22.8 Å². The molecule has 0 amide bonds. The number of H-pyrrole nitrogens is 1. The van der Waals surface area contributed by atoms with E-state index in [1.54, 1.807) is 12.1 Å². The van der Waals surface area contributed by atoms with Gasteiger partial charge >= 0.3 is 5.69 Å². The smallest absolute Gasteiger partial charge is 0.332 e. The van der Waals surface area contributed by atoms with E-state index in [1.165, 1.54) is 21.3 Å². The minimum Gasteiger partial charge on any atom is -0.334 e. The van der Waals surface area contributed by atoms with Crippen LogP contribution in [0, 0.1) is 5.82 Å². The normalized spacial score (nSPS) is 11.5. The summed E-state index contributed by atoms with van der Waals surface area (Å²) >= 11 is 5.94. The molecular weight excluding hydrogens is 439 g/mol. The fraction of sp³-hybridized carbons (Fsp3) is 0.381. The molecule has 0 aliphatic carbocycles. The van der Waals surface area contributed by atoms with Crippen LogP contribution in [-0.4, -0.2) is 29.2 Å². The number of fused-ring (bicyclic) bond motifs is 1. The van der Waals surface area contributed by atoms with Crippen molar-refractivity contribution in [3.05, 3.63) is 62.0 Å². The quantitative estimate of drug-likeness (QED) is 0.302. The topological polar surface area (TPSA) is 112 Å². The number of aromatic nitrogens is 6. The van der Waals surface area contributed by atoms with Gasteiger partial charge in [0.1, 0.15) is 5.82 Å². The first-order valence-corrected chi connectivity index (χ1v) is 10.8. The standard InChI is InChI=1S/C21H22ClFN6O3/c1-2-3-10-28-17-16(25-20(22)26-17)19(30)29(21(28)31)11-5-4-9-15-24-18(32-27-15)13-7-6-8-14(23)12-13/h6-8,12H,2-5,9-11H2,1H3,(H,25,26). The van der Waals surface area contributed by atoms with Gasteiger partial charge in [0, 0.05) is 25.1 Å². The Morgan fingerprint density at radius 3 is 2.72 bits per heavy atom. The molecule has 0 radical (unpaired) electrons. The predicted molar refractivity (Wildman–Crippen MR) is 117 cm³/mol. The highest BCUT2D eigenvalue weighted by molar-refractivity contribution is 6.28. The Bertz CT molecular complexity index is 1360. The Morgan fingerprint density at radius 2 is 1.94 bits per heavy atom. The molecule has 3 aromatic heterocycles. The Hall–Kier alpha value is -3.27. The van der Waals surface area contributed by atoms with Crippen molar-refractivity contribution in [3.63, 3.8) is 0 Å². The lowest BCUT2D eigenvalue weighted by molar-refractivity contribution is 0.420. The summed E-state index contributed by atoms with van der Waals surface area (Å²) in [5.41, 5.74) is 0.182. The monoisotopic (exact) mass is 460 g/mol. The molecule has 0 aliphatic heterocycles. The number of aryl methyl sites for hydroxylation is 2. The van der Waals surface area contributed by atoms with Crippen molar-refractivity contribution in [2.75, 3.05) is 0 Å². The van der Waals surface area contributed by atoms with Gasteiger partial charge in [-0.15, -0.1) is 0 Å². The molecule has 0 atom stereocenters. The molecule has 0 unspecified atom stereocenters. The zero-order valence-electron chi connectivity index (χ0n) is 17.5. The summed E-state index contributed by atoms with van der Waals surface area (Å²) in [7, 11) is 0. The Morgan fingerprint density at radius 1 is 1.12 bits per heavy atom. The first kappa shape index (κ1) is 21.9. The van der Waals surface area contributed by atoms with E-state index < -0.39 is 11.2 Å². The zero-order valence-corrected chi connectivity index (χ0v) is 18.2. The van der Waals surface area contributed by atoms with E-state index >= 15 is 0 Å². The number of nitrogens with zero attached hydrogens (tertiary/aromatic N) is 5. The van der Waals surface area contributed by atoms with Gasteiger partial charge in [-0.3, -0.25) is 13.9 Å². The molecule has 0 fully saturated rings. The molecule has 32 heavy (non-hydrogen) atoms. The average molecular weight is 461 g/mol. The maximum Gasteiger partial charge on any atom is 0.332 e. The number of unbranched alkanes of at least 4 members (excludes halogenated alkanes) is 2. The van der Waals surface area contributed by atoms with Crippen molar-refractivity contribution in [2.24, 2.45) is 0 Å². The summed E-state index contributed by atoms with van der Waals surface area (Å²) in [6.45, 7) is 2.72. The predicted octanol–water partition coefficient (Wildman–Crippen LogP) is 3.55. The van der Waals surface area contributed by atoms with Gasteiger partial charge in [-0.05, 0) is 49.1 Å². The second-order valence-corrected chi connectivity index (χ2v) is 7.81. The summed E-state index contributed by atoms with van der Waals surface area (Å²) in [5.74, 6) is 0.344. The van der Waals surface area contributed by atoms with Gasteiger partial charge in [-0.1, -0.05) is 24.6 Å². The highest BCUT2D eigenvalue weighted by Gasteiger charge is 2.17. The zero-order chi connectivity index (χ0) is 22.7. The summed E-state index contributed by atoms with van der Waals surface area (Å²) in [4.78, 5) is 36.9. The van der Waals surface area contributed by atoms with Gasteiger partial charge in [0.15, 0.2) is 17.0 Å². The molecule has 1 N–H and O–H groups in total. The second kappa shape index (κ2) is 9.47. The molecule has 9 nitrogen and oxygen atoms in total. The molecule has 0 saturated heterocycles. The maximum absolute atomic E-state index is 13.4.